The summed E-state index contributed by atoms with van der Waals surface area (Å²) in [5.41, 5.74) is 5.34. The van der Waals surface area contributed by atoms with Crippen LogP contribution in [0, 0.1) is 0 Å². The van der Waals surface area contributed by atoms with Gasteiger partial charge < -0.3 is 10.7 Å². The van der Waals surface area contributed by atoms with Gasteiger partial charge in [0.1, 0.15) is 5.69 Å². The largest absolute Gasteiger partial charge is 0.364 e. The third-order valence-corrected chi connectivity index (χ3v) is 0.863. The molecule has 1 rings (SSSR count). The van der Waals surface area contributed by atoms with E-state index in [1.54, 1.807) is 18.3 Å². The first-order valence-corrected chi connectivity index (χ1v) is 2.24. The van der Waals surface area contributed by atoms with Crippen molar-refractivity contribution >= 4 is 5.91 Å². The lowest BCUT2D eigenvalue weighted by molar-refractivity contribution is 0.0996. The SMILES string of the molecule is NC(=O)c1ccc[nH]1. The maximum atomic E-state index is 10.3. The minimum absolute atomic E-state index is 0.421. The molecule has 1 amide bonds. The number of hydrogen-bond acceptors (Lipinski definition) is 1. The summed E-state index contributed by atoms with van der Waals surface area (Å²) in [6.07, 6.45) is 1.65. The predicted molar refractivity (Wildman–Crippen MR) is 29.3 cm³/mol. The molecule has 0 bridgehead atoms. The van der Waals surface area contributed by atoms with Gasteiger partial charge in [-0.2, -0.15) is 0 Å². The second-order valence-corrected chi connectivity index (χ2v) is 1.45. The summed E-state index contributed by atoms with van der Waals surface area (Å²) in [6.45, 7) is 0. The van der Waals surface area contributed by atoms with E-state index in [-0.39, 0.29) is 0 Å². The third-order valence-electron chi connectivity index (χ3n) is 0.863. The first-order chi connectivity index (χ1) is 3.80. The van der Waals surface area contributed by atoms with Gasteiger partial charge in [-0.1, -0.05) is 0 Å². The fourth-order valence-electron chi connectivity index (χ4n) is 0.484. The Labute approximate surface area is 46.5 Å². The van der Waals surface area contributed by atoms with Crippen molar-refractivity contribution in [3.8, 4) is 0 Å². The smallest absolute Gasteiger partial charge is 0.265 e. The molecule has 1 aromatic heterocycles. The van der Waals surface area contributed by atoms with Crippen LogP contribution in [0.2, 0.25) is 0 Å². The van der Waals surface area contributed by atoms with Crippen molar-refractivity contribution in [2.45, 2.75) is 0 Å². The number of H-pyrrole nitrogens is 1. The van der Waals surface area contributed by atoms with Crippen LogP contribution < -0.4 is 5.73 Å². The van der Waals surface area contributed by atoms with Crippen molar-refractivity contribution in [2.24, 2.45) is 5.73 Å². The molecule has 0 saturated heterocycles. The fraction of sp³-hybridized carbons (Fsp3) is 0. The van der Waals surface area contributed by atoms with Gasteiger partial charge in [0.2, 0.25) is 0 Å². The van der Waals surface area contributed by atoms with E-state index in [2.05, 4.69) is 4.98 Å². The normalized spacial score (nSPS) is 9.00. The molecule has 0 aromatic carbocycles. The number of nitrogens with two attached hydrogens (primary N) is 1. The third kappa shape index (κ3) is 0.703. The number of primary amides is 1. The maximum Gasteiger partial charge on any atom is 0.265 e. The van der Waals surface area contributed by atoms with Gasteiger partial charge in [0, 0.05) is 6.20 Å². The minimum atomic E-state index is -0.421. The van der Waals surface area contributed by atoms with E-state index in [1.165, 1.54) is 0 Å². The molecule has 0 aliphatic carbocycles. The van der Waals surface area contributed by atoms with Crippen LogP contribution in [0.5, 0.6) is 0 Å². The van der Waals surface area contributed by atoms with Crippen LogP contribution >= 0.6 is 0 Å². The molecule has 3 N–H and O–H groups in total. The Morgan fingerprint density at radius 1 is 1.75 bits per heavy atom. The molecular weight excluding hydrogens is 104 g/mol. The quantitative estimate of drug-likeness (QED) is 0.529. The highest BCUT2D eigenvalue weighted by Gasteiger charge is 1.95. The number of carbonyl (C=O) groups excluding carboxylic acids is 1. The maximum absolute atomic E-state index is 10.3. The standard InChI is InChI=1S/C5H6N2O/c6-5(8)4-2-1-3-7-4/h1-3,7H,(H2,6,8). The Bertz CT molecular complexity index is 178. The van der Waals surface area contributed by atoms with Gasteiger partial charge in [-0.05, 0) is 12.1 Å². The van der Waals surface area contributed by atoms with E-state index >= 15 is 0 Å². The molecule has 0 saturated carbocycles. The van der Waals surface area contributed by atoms with Crippen molar-refractivity contribution in [1.29, 1.82) is 0 Å². The molecule has 0 aliphatic rings. The molecule has 3 heteroatoms. The minimum Gasteiger partial charge on any atom is -0.364 e. The molecule has 0 aliphatic heterocycles. The van der Waals surface area contributed by atoms with E-state index in [0.29, 0.717) is 5.69 Å². The van der Waals surface area contributed by atoms with E-state index < -0.39 is 5.91 Å². The number of aromatic amines is 1. The molecule has 1 heterocycles. The van der Waals surface area contributed by atoms with E-state index in [1.807, 2.05) is 0 Å². The van der Waals surface area contributed by atoms with E-state index in [0.717, 1.165) is 0 Å². The van der Waals surface area contributed by atoms with Crippen LogP contribution in [0.4, 0.5) is 0 Å². The Morgan fingerprint density at radius 2 is 2.50 bits per heavy atom. The molecular formula is C5H6N2O. The molecule has 0 atom stereocenters. The van der Waals surface area contributed by atoms with E-state index in [4.69, 9.17) is 5.73 Å². The number of nitrogens with one attached hydrogen (secondary N) is 1. The highest BCUT2D eigenvalue weighted by atomic mass is 16.1. The highest BCUT2D eigenvalue weighted by Crippen LogP contribution is 1.89. The second-order valence-electron chi connectivity index (χ2n) is 1.45. The van der Waals surface area contributed by atoms with Crippen LogP contribution in [0.15, 0.2) is 18.3 Å². The molecule has 0 fully saturated rings. The molecule has 8 heavy (non-hydrogen) atoms. The predicted octanol–water partition coefficient (Wildman–Crippen LogP) is 0.114. The monoisotopic (exact) mass is 110 g/mol. The Kier molecular flexibility index (Phi) is 1.04. The van der Waals surface area contributed by atoms with Crippen molar-refractivity contribution in [2.75, 3.05) is 0 Å². The fourth-order valence-corrected chi connectivity index (χ4v) is 0.484. The van der Waals surface area contributed by atoms with Gasteiger partial charge in [0.25, 0.3) is 5.91 Å². The van der Waals surface area contributed by atoms with Crippen molar-refractivity contribution in [1.82, 2.24) is 4.98 Å². The Hall–Kier alpha value is -1.25. The first kappa shape index (κ1) is 4.90. The highest BCUT2D eigenvalue weighted by molar-refractivity contribution is 5.90. The van der Waals surface area contributed by atoms with Gasteiger partial charge in [0.15, 0.2) is 0 Å². The summed E-state index contributed by atoms with van der Waals surface area (Å²) in [4.78, 5) is 12.9. The molecule has 1 aromatic rings. The first-order valence-electron chi connectivity index (χ1n) is 2.24. The summed E-state index contributed by atoms with van der Waals surface area (Å²) in [6, 6.07) is 3.35. The lowest BCUT2D eigenvalue weighted by Crippen LogP contribution is -2.10. The van der Waals surface area contributed by atoms with Gasteiger partial charge in [-0.3, -0.25) is 4.79 Å². The van der Waals surface area contributed by atoms with Crippen LogP contribution in [0.25, 0.3) is 0 Å². The van der Waals surface area contributed by atoms with Crippen LogP contribution in [-0.2, 0) is 0 Å². The summed E-state index contributed by atoms with van der Waals surface area (Å²) in [5, 5.41) is 0. The number of amides is 1. The zero-order chi connectivity index (χ0) is 5.98. The van der Waals surface area contributed by atoms with Gasteiger partial charge in [-0.15, -0.1) is 0 Å². The molecule has 0 unspecified atom stereocenters. The van der Waals surface area contributed by atoms with E-state index in [9.17, 15) is 4.79 Å². The van der Waals surface area contributed by atoms with Gasteiger partial charge in [0.05, 0.1) is 0 Å². The summed E-state index contributed by atoms with van der Waals surface area (Å²) in [7, 11) is 0. The number of carbonyl (C=O) groups is 1. The zero-order valence-electron chi connectivity index (χ0n) is 4.22. The average molecular weight is 110 g/mol. The van der Waals surface area contributed by atoms with Crippen molar-refractivity contribution in [3.63, 3.8) is 0 Å². The lowest BCUT2D eigenvalue weighted by Gasteiger charge is -1.82. The van der Waals surface area contributed by atoms with Crippen LogP contribution in [-0.4, -0.2) is 10.9 Å². The lowest BCUT2D eigenvalue weighted by atomic mass is 10.4. The summed E-state index contributed by atoms with van der Waals surface area (Å²) < 4.78 is 0. The van der Waals surface area contributed by atoms with Crippen LogP contribution in [0.3, 0.4) is 0 Å². The number of aromatic nitrogens is 1. The summed E-state index contributed by atoms with van der Waals surface area (Å²) >= 11 is 0. The van der Waals surface area contributed by atoms with Crippen molar-refractivity contribution in [3.05, 3.63) is 24.0 Å². The van der Waals surface area contributed by atoms with Gasteiger partial charge in [-0.25, -0.2) is 0 Å². The van der Waals surface area contributed by atoms with Crippen molar-refractivity contribution < 1.29 is 4.79 Å². The number of rotatable bonds is 1. The van der Waals surface area contributed by atoms with Crippen LogP contribution in [0.1, 0.15) is 10.5 Å². The molecule has 42 valence electrons. The molecule has 0 spiro atoms. The summed E-state index contributed by atoms with van der Waals surface area (Å²) in [5.74, 6) is -0.421. The average Bonchev–Trinajstić information content (AvgIpc) is 2.12. The van der Waals surface area contributed by atoms with Gasteiger partial charge >= 0.3 is 0 Å². The molecule has 0 radical (unpaired) electrons. The molecule has 3 nitrogen and oxygen atoms in total. The second kappa shape index (κ2) is 1.69. The Morgan fingerprint density at radius 3 is 2.75 bits per heavy atom. The zero-order valence-corrected chi connectivity index (χ0v) is 4.22. The Balaban J connectivity index is 2.93. The number of hydrogen-bond donors (Lipinski definition) is 2. The topological polar surface area (TPSA) is 58.9 Å².